The van der Waals surface area contributed by atoms with Crippen molar-refractivity contribution in [1.82, 2.24) is 0 Å². The van der Waals surface area contributed by atoms with E-state index in [1.54, 1.807) is 30.3 Å². The summed E-state index contributed by atoms with van der Waals surface area (Å²) in [5.74, 6) is 0.276. The highest BCUT2D eigenvalue weighted by Crippen LogP contribution is 2.32. The normalized spacial score (nSPS) is 12.4. The minimum Gasteiger partial charge on any atom is -0.486 e. The summed E-state index contributed by atoms with van der Waals surface area (Å²) in [5, 5.41) is 2.67. The quantitative estimate of drug-likeness (QED) is 0.847. The Morgan fingerprint density at radius 1 is 1.04 bits per heavy atom. The summed E-state index contributed by atoms with van der Waals surface area (Å²) in [6.07, 6.45) is 0.896. The number of hydrogen-bond donors (Lipinski definition) is 1. The van der Waals surface area contributed by atoms with E-state index in [0.717, 1.165) is 12.0 Å². The van der Waals surface area contributed by atoms with Crippen molar-refractivity contribution in [2.45, 2.75) is 13.3 Å². The molecule has 130 valence electrons. The lowest BCUT2D eigenvalue weighted by molar-refractivity contribution is -0.119. The summed E-state index contributed by atoms with van der Waals surface area (Å²) in [6, 6.07) is 12.2. The summed E-state index contributed by atoms with van der Waals surface area (Å²) in [6.45, 7) is 2.66. The molecule has 2 aromatic rings. The molecule has 0 aliphatic carbocycles. The number of rotatable bonds is 5. The third-order valence-electron chi connectivity index (χ3n) is 3.76. The SMILES string of the molecule is CCc1ccc(C(=O)OCC(=O)Nc2ccc3c(c2)OCCO3)cc1. The van der Waals surface area contributed by atoms with Crippen molar-refractivity contribution in [2.24, 2.45) is 0 Å². The minimum atomic E-state index is -0.528. The van der Waals surface area contributed by atoms with Crippen molar-refractivity contribution in [1.29, 1.82) is 0 Å². The number of nitrogens with one attached hydrogen (secondary N) is 1. The van der Waals surface area contributed by atoms with Gasteiger partial charge in [-0.1, -0.05) is 19.1 Å². The Bertz CT molecular complexity index is 770. The number of hydrogen-bond acceptors (Lipinski definition) is 5. The molecule has 0 spiro atoms. The number of carbonyl (C=O) groups excluding carboxylic acids is 2. The van der Waals surface area contributed by atoms with E-state index in [1.165, 1.54) is 0 Å². The molecular formula is C19H19NO5. The molecule has 0 atom stereocenters. The van der Waals surface area contributed by atoms with Crippen molar-refractivity contribution >= 4 is 17.6 Å². The van der Waals surface area contributed by atoms with E-state index in [4.69, 9.17) is 14.2 Å². The van der Waals surface area contributed by atoms with Crippen LogP contribution in [0.1, 0.15) is 22.8 Å². The van der Waals surface area contributed by atoms with Gasteiger partial charge in [-0.3, -0.25) is 4.79 Å². The molecule has 0 fully saturated rings. The topological polar surface area (TPSA) is 73.9 Å². The summed E-state index contributed by atoms with van der Waals surface area (Å²) in [4.78, 5) is 23.9. The molecule has 3 rings (SSSR count). The number of esters is 1. The molecule has 0 radical (unpaired) electrons. The third-order valence-corrected chi connectivity index (χ3v) is 3.76. The number of fused-ring (bicyclic) bond motifs is 1. The van der Waals surface area contributed by atoms with E-state index in [9.17, 15) is 9.59 Å². The number of ether oxygens (including phenoxy) is 3. The van der Waals surface area contributed by atoms with Gasteiger partial charge in [0.25, 0.3) is 5.91 Å². The zero-order chi connectivity index (χ0) is 17.6. The molecule has 6 nitrogen and oxygen atoms in total. The molecule has 1 aliphatic rings. The molecule has 0 saturated heterocycles. The molecule has 0 saturated carbocycles. The Morgan fingerprint density at radius 3 is 2.48 bits per heavy atom. The fourth-order valence-corrected chi connectivity index (χ4v) is 2.41. The van der Waals surface area contributed by atoms with Crippen molar-refractivity contribution < 1.29 is 23.8 Å². The lowest BCUT2D eigenvalue weighted by atomic mass is 10.1. The molecule has 6 heteroatoms. The Balaban J connectivity index is 1.53. The van der Waals surface area contributed by atoms with Crippen molar-refractivity contribution in [3.63, 3.8) is 0 Å². The second-order valence-electron chi connectivity index (χ2n) is 5.53. The first-order valence-electron chi connectivity index (χ1n) is 8.11. The van der Waals surface area contributed by atoms with Crippen molar-refractivity contribution in [2.75, 3.05) is 25.1 Å². The van der Waals surface area contributed by atoms with Crippen molar-refractivity contribution in [3.05, 3.63) is 53.6 Å². The number of anilines is 1. The van der Waals surface area contributed by atoms with Crippen LogP contribution in [0, 0.1) is 0 Å². The van der Waals surface area contributed by atoms with Crippen LogP contribution >= 0.6 is 0 Å². The maximum atomic E-state index is 12.0. The predicted molar refractivity (Wildman–Crippen MR) is 92.2 cm³/mol. The fourth-order valence-electron chi connectivity index (χ4n) is 2.41. The predicted octanol–water partition coefficient (Wildman–Crippen LogP) is 2.82. The van der Waals surface area contributed by atoms with Gasteiger partial charge in [-0.15, -0.1) is 0 Å². The van der Waals surface area contributed by atoms with Gasteiger partial charge in [-0.05, 0) is 36.2 Å². The number of benzene rings is 2. The van der Waals surface area contributed by atoms with Gasteiger partial charge >= 0.3 is 5.97 Å². The Labute approximate surface area is 145 Å². The van der Waals surface area contributed by atoms with Gasteiger partial charge in [0.15, 0.2) is 18.1 Å². The van der Waals surface area contributed by atoms with Gasteiger partial charge in [-0.25, -0.2) is 4.79 Å². The molecule has 0 bridgehead atoms. The highest BCUT2D eigenvalue weighted by atomic mass is 16.6. The number of carbonyl (C=O) groups is 2. The average molecular weight is 341 g/mol. The van der Waals surface area contributed by atoms with E-state index in [0.29, 0.717) is 36.0 Å². The number of aryl methyl sites for hydroxylation is 1. The van der Waals surface area contributed by atoms with Gasteiger partial charge in [-0.2, -0.15) is 0 Å². The molecule has 0 aromatic heterocycles. The smallest absolute Gasteiger partial charge is 0.338 e. The highest BCUT2D eigenvalue weighted by Gasteiger charge is 2.14. The van der Waals surface area contributed by atoms with Crippen LogP contribution in [0.2, 0.25) is 0 Å². The summed E-state index contributed by atoms with van der Waals surface area (Å²) < 4.78 is 15.9. The summed E-state index contributed by atoms with van der Waals surface area (Å²) in [5.41, 5.74) is 2.11. The standard InChI is InChI=1S/C19H19NO5/c1-2-13-3-5-14(6-4-13)19(22)25-12-18(21)20-15-7-8-16-17(11-15)24-10-9-23-16/h3-8,11H,2,9-10,12H2,1H3,(H,20,21). The molecule has 1 aliphatic heterocycles. The largest absolute Gasteiger partial charge is 0.486 e. The average Bonchev–Trinajstić information content (AvgIpc) is 2.66. The lowest BCUT2D eigenvalue weighted by Gasteiger charge is -2.19. The molecule has 1 heterocycles. The van der Waals surface area contributed by atoms with Crippen LogP contribution < -0.4 is 14.8 Å². The first-order valence-corrected chi connectivity index (χ1v) is 8.11. The van der Waals surface area contributed by atoms with E-state index < -0.39 is 11.9 Å². The maximum absolute atomic E-state index is 12.0. The first-order chi connectivity index (χ1) is 12.2. The Kier molecular flexibility index (Phi) is 5.18. The Hall–Kier alpha value is -3.02. The van der Waals surface area contributed by atoms with Gasteiger partial charge < -0.3 is 19.5 Å². The highest BCUT2D eigenvalue weighted by molar-refractivity contribution is 5.95. The van der Waals surface area contributed by atoms with Gasteiger partial charge in [0.1, 0.15) is 13.2 Å². The van der Waals surface area contributed by atoms with Crippen LogP contribution in [0.5, 0.6) is 11.5 Å². The number of amides is 1. The van der Waals surface area contributed by atoms with Crippen LogP contribution in [0.4, 0.5) is 5.69 Å². The minimum absolute atomic E-state index is 0.358. The molecule has 1 amide bonds. The maximum Gasteiger partial charge on any atom is 0.338 e. The van der Waals surface area contributed by atoms with E-state index in [1.807, 2.05) is 19.1 Å². The van der Waals surface area contributed by atoms with Crippen LogP contribution in [-0.2, 0) is 16.0 Å². The van der Waals surface area contributed by atoms with Crippen LogP contribution in [0.3, 0.4) is 0 Å². The van der Waals surface area contributed by atoms with Crippen LogP contribution in [0.25, 0.3) is 0 Å². The molecule has 0 unspecified atom stereocenters. The van der Waals surface area contributed by atoms with E-state index >= 15 is 0 Å². The van der Waals surface area contributed by atoms with E-state index in [-0.39, 0.29) is 6.61 Å². The molecule has 1 N–H and O–H groups in total. The Morgan fingerprint density at radius 2 is 1.76 bits per heavy atom. The molecule has 25 heavy (non-hydrogen) atoms. The summed E-state index contributed by atoms with van der Waals surface area (Å²) >= 11 is 0. The van der Waals surface area contributed by atoms with Crippen LogP contribution in [-0.4, -0.2) is 31.7 Å². The first kappa shape index (κ1) is 16.8. The van der Waals surface area contributed by atoms with E-state index in [2.05, 4.69) is 5.32 Å². The molecule has 2 aromatic carbocycles. The second kappa shape index (κ2) is 7.70. The zero-order valence-electron chi connectivity index (χ0n) is 13.9. The third kappa shape index (κ3) is 4.29. The van der Waals surface area contributed by atoms with Crippen molar-refractivity contribution in [3.8, 4) is 11.5 Å². The van der Waals surface area contributed by atoms with Gasteiger partial charge in [0.05, 0.1) is 5.56 Å². The summed E-state index contributed by atoms with van der Waals surface area (Å²) in [7, 11) is 0. The zero-order valence-corrected chi connectivity index (χ0v) is 13.9. The monoisotopic (exact) mass is 341 g/mol. The second-order valence-corrected chi connectivity index (χ2v) is 5.53. The van der Waals surface area contributed by atoms with Crippen LogP contribution in [0.15, 0.2) is 42.5 Å². The van der Waals surface area contributed by atoms with Gasteiger partial charge in [0, 0.05) is 11.8 Å². The van der Waals surface area contributed by atoms with Gasteiger partial charge in [0.2, 0.25) is 0 Å². The fraction of sp³-hybridized carbons (Fsp3) is 0.263. The molecular weight excluding hydrogens is 322 g/mol. The lowest BCUT2D eigenvalue weighted by Crippen LogP contribution is -2.21.